The molecule has 4 rings (SSSR count). The van der Waals surface area contributed by atoms with Crippen molar-refractivity contribution in [2.75, 3.05) is 0 Å². The van der Waals surface area contributed by atoms with Crippen molar-refractivity contribution in [1.29, 1.82) is 0 Å². The van der Waals surface area contributed by atoms with Crippen LogP contribution in [-0.2, 0) is 6.54 Å². The zero-order valence-electron chi connectivity index (χ0n) is 12.6. The van der Waals surface area contributed by atoms with Crippen LogP contribution >= 0.6 is 11.3 Å². The third-order valence-corrected chi connectivity index (χ3v) is 4.23. The first-order valence-electron chi connectivity index (χ1n) is 7.20. The third-order valence-electron chi connectivity index (χ3n) is 3.34. The van der Waals surface area contributed by atoms with Crippen molar-refractivity contribution in [1.82, 2.24) is 30.2 Å². The van der Waals surface area contributed by atoms with Crippen molar-refractivity contribution in [3.8, 4) is 22.0 Å². The predicted molar refractivity (Wildman–Crippen MR) is 84.9 cm³/mol. The Labute approximate surface area is 144 Å². The fraction of sp³-hybridized carbons (Fsp3) is 0.133. The van der Waals surface area contributed by atoms with Crippen molar-refractivity contribution in [3.05, 3.63) is 53.6 Å². The Morgan fingerprint density at radius 1 is 1.16 bits per heavy atom. The van der Waals surface area contributed by atoms with E-state index in [2.05, 4.69) is 25.5 Å². The van der Waals surface area contributed by atoms with E-state index in [0.717, 1.165) is 16.3 Å². The summed E-state index contributed by atoms with van der Waals surface area (Å²) in [6, 6.07) is 7.36. The lowest BCUT2D eigenvalue weighted by molar-refractivity contribution is 0.116. The van der Waals surface area contributed by atoms with E-state index in [1.165, 1.54) is 6.20 Å². The van der Waals surface area contributed by atoms with Gasteiger partial charge in [0, 0.05) is 6.20 Å². The van der Waals surface area contributed by atoms with E-state index in [0.29, 0.717) is 12.1 Å². The molecule has 0 aromatic carbocycles. The number of halogens is 2. The van der Waals surface area contributed by atoms with Crippen molar-refractivity contribution in [2.45, 2.75) is 13.0 Å². The average Bonchev–Trinajstić information content (AvgIpc) is 3.36. The zero-order chi connectivity index (χ0) is 17.2. The molecular formula is C15H10F2N6OS. The summed E-state index contributed by atoms with van der Waals surface area (Å²) >= 11 is 1.59. The molecule has 4 aromatic heterocycles. The van der Waals surface area contributed by atoms with Crippen LogP contribution in [0.25, 0.3) is 22.0 Å². The first-order chi connectivity index (χ1) is 12.2. The molecular weight excluding hydrogens is 350 g/mol. The first-order valence-corrected chi connectivity index (χ1v) is 8.08. The SMILES string of the molecule is FC(F)c1nnc(-c2ccc(Cn3cc(-c4cccs4)nn3)nc2)o1. The van der Waals surface area contributed by atoms with E-state index in [4.69, 9.17) is 4.42 Å². The van der Waals surface area contributed by atoms with Gasteiger partial charge in [-0.1, -0.05) is 11.3 Å². The van der Waals surface area contributed by atoms with Gasteiger partial charge in [-0.25, -0.2) is 4.68 Å². The normalized spacial score (nSPS) is 11.3. The van der Waals surface area contributed by atoms with Gasteiger partial charge in [0.15, 0.2) is 0 Å². The summed E-state index contributed by atoms with van der Waals surface area (Å²) < 4.78 is 31.5. The molecule has 0 radical (unpaired) electrons. The average molecular weight is 360 g/mol. The Bertz CT molecular complexity index is 964. The van der Waals surface area contributed by atoms with Gasteiger partial charge < -0.3 is 4.42 Å². The highest BCUT2D eigenvalue weighted by atomic mass is 32.1. The van der Waals surface area contributed by atoms with Gasteiger partial charge >= 0.3 is 6.43 Å². The van der Waals surface area contributed by atoms with Crippen molar-refractivity contribution in [3.63, 3.8) is 0 Å². The molecule has 0 saturated carbocycles. The van der Waals surface area contributed by atoms with Gasteiger partial charge in [0.2, 0.25) is 5.89 Å². The highest BCUT2D eigenvalue weighted by molar-refractivity contribution is 7.13. The van der Waals surface area contributed by atoms with Crippen LogP contribution in [-0.4, -0.2) is 30.2 Å². The Morgan fingerprint density at radius 2 is 2.08 bits per heavy atom. The fourth-order valence-electron chi connectivity index (χ4n) is 2.16. The second-order valence-electron chi connectivity index (χ2n) is 5.06. The molecule has 0 amide bonds. The molecule has 126 valence electrons. The summed E-state index contributed by atoms with van der Waals surface area (Å²) in [6.45, 7) is 0.435. The second kappa shape index (κ2) is 6.48. The quantitative estimate of drug-likeness (QED) is 0.542. The third kappa shape index (κ3) is 3.29. The molecule has 4 aromatic rings. The van der Waals surface area contributed by atoms with E-state index < -0.39 is 12.3 Å². The van der Waals surface area contributed by atoms with Gasteiger partial charge in [0.1, 0.15) is 5.69 Å². The number of alkyl halides is 2. The molecule has 0 unspecified atom stereocenters. The van der Waals surface area contributed by atoms with Crippen LogP contribution in [0.15, 0.2) is 46.5 Å². The fourth-order valence-corrected chi connectivity index (χ4v) is 2.84. The molecule has 0 fully saturated rings. The molecule has 4 heterocycles. The van der Waals surface area contributed by atoms with Crippen LogP contribution < -0.4 is 0 Å². The Hall–Kier alpha value is -3.01. The van der Waals surface area contributed by atoms with Crippen LogP contribution in [0.1, 0.15) is 18.0 Å². The van der Waals surface area contributed by atoms with Crippen LogP contribution in [0.5, 0.6) is 0 Å². The molecule has 0 aliphatic rings. The van der Waals surface area contributed by atoms with Crippen molar-refractivity contribution >= 4 is 11.3 Å². The lowest BCUT2D eigenvalue weighted by atomic mass is 10.2. The highest BCUT2D eigenvalue weighted by Crippen LogP contribution is 2.23. The molecule has 0 aliphatic heterocycles. The summed E-state index contributed by atoms with van der Waals surface area (Å²) in [4.78, 5) is 5.32. The van der Waals surface area contributed by atoms with Gasteiger partial charge in [-0.3, -0.25) is 4.98 Å². The molecule has 0 spiro atoms. The van der Waals surface area contributed by atoms with E-state index in [1.54, 1.807) is 28.2 Å². The van der Waals surface area contributed by atoms with Gasteiger partial charge in [0.05, 0.1) is 28.9 Å². The van der Waals surface area contributed by atoms with E-state index in [9.17, 15) is 8.78 Å². The summed E-state index contributed by atoms with van der Waals surface area (Å²) in [5.41, 5.74) is 2.01. The first kappa shape index (κ1) is 15.5. The van der Waals surface area contributed by atoms with E-state index in [1.807, 2.05) is 23.7 Å². The Balaban J connectivity index is 1.48. The van der Waals surface area contributed by atoms with Crippen molar-refractivity contribution in [2.24, 2.45) is 0 Å². The van der Waals surface area contributed by atoms with Gasteiger partial charge in [0.25, 0.3) is 5.89 Å². The monoisotopic (exact) mass is 360 g/mol. The lowest BCUT2D eigenvalue weighted by Crippen LogP contribution is -2.02. The molecule has 25 heavy (non-hydrogen) atoms. The summed E-state index contributed by atoms with van der Waals surface area (Å²) in [7, 11) is 0. The molecule has 0 N–H and O–H groups in total. The van der Waals surface area contributed by atoms with Gasteiger partial charge in [-0.05, 0) is 23.6 Å². The van der Waals surface area contributed by atoms with E-state index >= 15 is 0 Å². The number of hydrogen-bond acceptors (Lipinski definition) is 7. The zero-order valence-corrected chi connectivity index (χ0v) is 13.4. The number of pyridine rings is 1. The molecule has 0 aliphatic carbocycles. The topological polar surface area (TPSA) is 82.5 Å². The highest BCUT2D eigenvalue weighted by Gasteiger charge is 2.17. The Morgan fingerprint density at radius 3 is 2.76 bits per heavy atom. The van der Waals surface area contributed by atoms with Gasteiger partial charge in [-0.2, -0.15) is 8.78 Å². The van der Waals surface area contributed by atoms with Crippen LogP contribution in [0.4, 0.5) is 8.78 Å². The molecule has 7 nitrogen and oxygen atoms in total. The maximum Gasteiger partial charge on any atom is 0.314 e. The second-order valence-corrected chi connectivity index (χ2v) is 6.01. The molecule has 10 heteroatoms. The van der Waals surface area contributed by atoms with Gasteiger partial charge in [-0.15, -0.1) is 26.6 Å². The minimum absolute atomic E-state index is 0.00934. The van der Waals surface area contributed by atoms with Crippen LogP contribution in [0.3, 0.4) is 0 Å². The Kier molecular flexibility index (Phi) is 4.02. The molecule has 0 bridgehead atoms. The minimum atomic E-state index is -2.79. The largest absolute Gasteiger partial charge is 0.415 e. The maximum atomic E-state index is 12.5. The van der Waals surface area contributed by atoms with Crippen molar-refractivity contribution < 1.29 is 13.2 Å². The maximum absolute atomic E-state index is 12.5. The lowest BCUT2D eigenvalue weighted by Gasteiger charge is -2.01. The predicted octanol–water partition coefficient (Wildman–Crippen LogP) is 3.44. The standard InChI is InChI=1S/C15H10F2N6OS/c16-13(17)15-21-20-14(24-15)9-3-4-10(18-6-9)7-23-8-11(19-22-23)12-2-1-5-25-12/h1-6,8,13H,7H2. The summed E-state index contributed by atoms with van der Waals surface area (Å²) in [5, 5.41) is 17.1. The number of thiophene rings is 1. The summed E-state index contributed by atoms with van der Waals surface area (Å²) in [5.74, 6) is -0.696. The van der Waals surface area contributed by atoms with Crippen LogP contribution in [0, 0.1) is 0 Å². The molecule has 0 saturated heterocycles. The van der Waals surface area contributed by atoms with Crippen LogP contribution in [0.2, 0.25) is 0 Å². The number of rotatable bonds is 5. The smallest absolute Gasteiger partial charge is 0.314 e. The number of hydrogen-bond donors (Lipinski definition) is 0. The number of nitrogens with zero attached hydrogens (tertiary/aromatic N) is 6. The molecule has 0 atom stereocenters. The number of aromatic nitrogens is 6. The van der Waals surface area contributed by atoms with E-state index in [-0.39, 0.29) is 5.89 Å². The minimum Gasteiger partial charge on any atom is -0.415 e. The summed E-state index contributed by atoms with van der Waals surface area (Å²) in [6.07, 6.45) is 0.544.